The summed E-state index contributed by atoms with van der Waals surface area (Å²) in [7, 11) is 0. The maximum absolute atomic E-state index is 4.56. The van der Waals surface area contributed by atoms with Gasteiger partial charge in [-0.3, -0.25) is 4.98 Å². The van der Waals surface area contributed by atoms with Gasteiger partial charge >= 0.3 is 0 Å². The van der Waals surface area contributed by atoms with E-state index in [1.807, 2.05) is 6.20 Å². The van der Waals surface area contributed by atoms with E-state index in [9.17, 15) is 0 Å². The fourth-order valence-electron chi connectivity index (χ4n) is 2.67. The molecule has 2 nitrogen and oxygen atoms in total. The van der Waals surface area contributed by atoms with E-state index in [4.69, 9.17) is 0 Å². The molecule has 0 aliphatic heterocycles. The van der Waals surface area contributed by atoms with Gasteiger partial charge in [0, 0.05) is 24.4 Å². The summed E-state index contributed by atoms with van der Waals surface area (Å²) in [5, 5.41) is 3.67. The van der Waals surface area contributed by atoms with Gasteiger partial charge in [0.25, 0.3) is 0 Å². The lowest BCUT2D eigenvalue weighted by Crippen LogP contribution is -2.38. The fourth-order valence-corrected chi connectivity index (χ4v) is 2.67. The lowest BCUT2D eigenvalue weighted by molar-refractivity contribution is 0.318. The Kier molecular flexibility index (Phi) is 7.73. The second-order valence-electron chi connectivity index (χ2n) is 5.51. The van der Waals surface area contributed by atoms with Gasteiger partial charge in [-0.1, -0.05) is 46.1 Å². The van der Waals surface area contributed by atoms with Crippen LogP contribution in [0.25, 0.3) is 0 Å². The minimum atomic E-state index is 0.566. The maximum atomic E-state index is 4.56. The van der Waals surface area contributed by atoms with Crippen LogP contribution in [-0.2, 0) is 6.42 Å². The summed E-state index contributed by atoms with van der Waals surface area (Å²) in [5.41, 5.74) is 2.45. The summed E-state index contributed by atoms with van der Waals surface area (Å²) in [6.45, 7) is 9.92. The molecule has 1 rings (SSSR count). The summed E-state index contributed by atoms with van der Waals surface area (Å²) in [6, 6.07) is 4.90. The largest absolute Gasteiger partial charge is 0.314 e. The fraction of sp³-hybridized carbons (Fsp3) is 0.706. The van der Waals surface area contributed by atoms with Crippen molar-refractivity contribution in [1.29, 1.82) is 0 Å². The van der Waals surface area contributed by atoms with Gasteiger partial charge in [-0.2, -0.15) is 0 Å². The molecule has 1 aromatic rings. The Labute approximate surface area is 119 Å². The molecule has 0 saturated heterocycles. The Balaban J connectivity index is 2.66. The lowest BCUT2D eigenvalue weighted by Gasteiger charge is -2.27. The van der Waals surface area contributed by atoms with E-state index in [0.717, 1.165) is 18.9 Å². The average Bonchev–Trinajstić information content (AvgIpc) is 2.42. The number of hydrogen-bond donors (Lipinski definition) is 1. The quantitative estimate of drug-likeness (QED) is 0.724. The number of pyridine rings is 1. The molecule has 1 N–H and O–H groups in total. The molecule has 0 aliphatic carbocycles. The number of hydrogen-bond acceptors (Lipinski definition) is 2. The molecule has 0 aliphatic rings. The van der Waals surface area contributed by atoms with E-state index in [1.54, 1.807) is 0 Å². The Morgan fingerprint density at radius 2 is 2.00 bits per heavy atom. The third kappa shape index (κ3) is 5.73. The normalized spacial score (nSPS) is 14.3. The Hall–Kier alpha value is -0.890. The highest BCUT2D eigenvalue weighted by Crippen LogP contribution is 2.19. The van der Waals surface area contributed by atoms with Crippen LogP contribution in [0.15, 0.2) is 18.3 Å². The summed E-state index contributed by atoms with van der Waals surface area (Å²) >= 11 is 0. The molecule has 0 fully saturated rings. The number of rotatable bonds is 9. The first-order valence-electron chi connectivity index (χ1n) is 7.86. The third-order valence-corrected chi connectivity index (χ3v) is 3.89. The van der Waals surface area contributed by atoms with E-state index in [2.05, 4.69) is 50.1 Å². The van der Waals surface area contributed by atoms with Crippen molar-refractivity contribution < 1.29 is 0 Å². The summed E-state index contributed by atoms with van der Waals surface area (Å²) in [4.78, 5) is 4.56. The number of nitrogens with one attached hydrogen (secondary N) is 1. The Bertz CT molecular complexity index is 332. The van der Waals surface area contributed by atoms with Crippen LogP contribution in [0.4, 0.5) is 0 Å². The smallest absolute Gasteiger partial charge is 0.0419 e. The predicted molar refractivity (Wildman–Crippen MR) is 83.4 cm³/mol. The van der Waals surface area contributed by atoms with E-state index in [0.29, 0.717) is 6.04 Å². The third-order valence-electron chi connectivity index (χ3n) is 3.89. The first-order chi connectivity index (χ1) is 9.21. The van der Waals surface area contributed by atoms with Gasteiger partial charge in [0.15, 0.2) is 0 Å². The van der Waals surface area contributed by atoms with Crippen LogP contribution in [0.5, 0.6) is 0 Å². The number of unbranched alkanes of at least 4 members (excludes halogenated alkanes) is 1. The maximum Gasteiger partial charge on any atom is 0.0419 e. The second kappa shape index (κ2) is 9.08. The van der Waals surface area contributed by atoms with Crippen LogP contribution in [-0.4, -0.2) is 17.6 Å². The highest BCUT2D eigenvalue weighted by atomic mass is 14.9. The number of aryl methyl sites for hydroxylation is 1. The second-order valence-corrected chi connectivity index (χ2v) is 5.51. The molecule has 1 aromatic heterocycles. The van der Waals surface area contributed by atoms with Crippen molar-refractivity contribution in [3.63, 3.8) is 0 Å². The van der Waals surface area contributed by atoms with Crippen molar-refractivity contribution in [2.24, 2.45) is 5.92 Å². The molecular weight excluding hydrogens is 232 g/mol. The van der Waals surface area contributed by atoms with E-state index < -0.39 is 0 Å². The molecule has 0 amide bonds. The van der Waals surface area contributed by atoms with Crippen LogP contribution >= 0.6 is 0 Å². The average molecular weight is 262 g/mol. The number of aromatic nitrogens is 1. The van der Waals surface area contributed by atoms with Gasteiger partial charge in [0.2, 0.25) is 0 Å². The molecule has 108 valence electrons. The summed E-state index contributed by atoms with van der Waals surface area (Å²) in [5.74, 6) is 0.767. The molecular formula is C17H30N2. The molecule has 0 aromatic carbocycles. The topological polar surface area (TPSA) is 24.9 Å². The molecule has 0 bridgehead atoms. The molecule has 0 radical (unpaired) electrons. The predicted octanol–water partition coefficient (Wildman–Crippen LogP) is 4.13. The zero-order valence-electron chi connectivity index (χ0n) is 13.1. The Morgan fingerprint density at radius 3 is 2.53 bits per heavy atom. The lowest BCUT2D eigenvalue weighted by atomic mass is 9.88. The minimum Gasteiger partial charge on any atom is -0.314 e. The van der Waals surface area contributed by atoms with Gasteiger partial charge in [-0.25, -0.2) is 0 Å². The van der Waals surface area contributed by atoms with Crippen LogP contribution in [0.2, 0.25) is 0 Å². The Morgan fingerprint density at radius 1 is 1.21 bits per heavy atom. The van der Waals surface area contributed by atoms with Gasteiger partial charge in [0.05, 0.1) is 0 Å². The molecule has 2 unspecified atom stereocenters. The van der Waals surface area contributed by atoms with E-state index >= 15 is 0 Å². The van der Waals surface area contributed by atoms with Gasteiger partial charge < -0.3 is 5.32 Å². The van der Waals surface area contributed by atoms with Gasteiger partial charge in [0.1, 0.15) is 0 Å². The van der Waals surface area contributed by atoms with Crippen molar-refractivity contribution >= 4 is 0 Å². The monoisotopic (exact) mass is 262 g/mol. The zero-order chi connectivity index (χ0) is 14.1. The standard InChI is InChI=1S/C17H30N2/c1-5-8-9-15(6-2)17(18-7-3)12-16-11-10-14(4)13-19-16/h10-11,13,15,17-18H,5-9,12H2,1-4H3. The van der Waals surface area contributed by atoms with Crippen LogP contribution in [0.3, 0.4) is 0 Å². The van der Waals surface area contributed by atoms with Crippen LogP contribution in [0, 0.1) is 12.8 Å². The van der Waals surface area contributed by atoms with Crippen molar-refractivity contribution in [1.82, 2.24) is 10.3 Å². The molecule has 2 heteroatoms. The molecule has 2 atom stereocenters. The van der Waals surface area contributed by atoms with E-state index in [-0.39, 0.29) is 0 Å². The SMILES string of the molecule is CCCCC(CC)C(Cc1ccc(C)cn1)NCC. The minimum absolute atomic E-state index is 0.566. The van der Waals surface area contributed by atoms with Crippen molar-refractivity contribution in [2.45, 2.75) is 65.8 Å². The molecule has 0 spiro atoms. The van der Waals surface area contributed by atoms with Gasteiger partial charge in [-0.15, -0.1) is 0 Å². The molecule has 0 saturated carbocycles. The highest BCUT2D eigenvalue weighted by Gasteiger charge is 2.19. The number of nitrogens with zero attached hydrogens (tertiary/aromatic N) is 1. The first kappa shape index (κ1) is 16.2. The zero-order valence-corrected chi connectivity index (χ0v) is 13.1. The first-order valence-corrected chi connectivity index (χ1v) is 7.86. The van der Waals surface area contributed by atoms with Crippen molar-refractivity contribution in [3.05, 3.63) is 29.6 Å². The van der Waals surface area contributed by atoms with Crippen molar-refractivity contribution in [3.8, 4) is 0 Å². The van der Waals surface area contributed by atoms with Crippen molar-refractivity contribution in [2.75, 3.05) is 6.54 Å². The number of likely N-dealkylation sites (N-methyl/N-ethyl adjacent to an activating group) is 1. The van der Waals surface area contributed by atoms with E-state index in [1.165, 1.54) is 36.9 Å². The molecule has 19 heavy (non-hydrogen) atoms. The summed E-state index contributed by atoms with van der Waals surface area (Å²) in [6.07, 6.45) is 8.24. The summed E-state index contributed by atoms with van der Waals surface area (Å²) < 4.78 is 0. The van der Waals surface area contributed by atoms with Crippen LogP contribution < -0.4 is 5.32 Å². The van der Waals surface area contributed by atoms with Gasteiger partial charge in [-0.05, 0) is 37.4 Å². The molecule has 1 heterocycles. The van der Waals surface area contributed by atoms with Crippen LogP contribution in [0.1, 0.15) is 57.7 Å². The highest BCUT2D eigenvalue weighted by molar-refractivity contribution is 5.13.